The molecule has 0 aliphatic heterocycles. The summed E-state index contributed by atoms with van der Waals surface area (Å²) < 4.78 is 5.03. The molecule has 0 atom stereocenters. The van der Waals surface area contributed by atoms with Gasteiger partial charge in [0.25, 0.3) is 0 Å². The van der Waals surface area contributed by atoms with Crippen LogP contribution in [0.3, 0.4) is 0 Å². The molecule has 1 aromatic rings. The quantitative estimate of drug-likeness (QED) is 0.595. The van der Waals surface area contributed by atoms with Crippen molar-refractivity contribution < 1.29 is 14.6 Å². The number of hydrogen-bond donors (Lipinski definition) is 1. The first-order valence-corrected chi connectivity index (χ1v) is 4.54. The lowest BCUT2D eigenvalue weighted by Gasteiger charge is -2.01. The third-order valence-electron chi connectivity index (χ3n) is 1.85. The van der Waals surface area contributed by atoms with E-state index in [4.69, 9.17) is 9.84 Å². The van der Waals surface area contributed by atoms with E-state index in [0.717, 1.165) is 6.29 Å². The lowest BCUT2D eigenvalue weighted by Crippen LogP contribution is -1.90. The minimum atomic E-state index is 0.0212. The highest BCUT2D eigenvalue weighted by atomic mass is 16.5. The summed E-state index contributed by atoms with van der Waals surface area (Å²) in [5.41, 5.74) is 1.15. The Bertz CT molecular complexity index is 399. The standard InChI is InChI=1S/C12H12O3/c1-15-12-6-5-11(9-14)10(8-12)4-2-3-7-13/h5-6,8-9,13H,3,7H2,1H3. The Labute approximate surface area is 88.7 Å². The maximum absolute atomic E-state index is 10.7. The molecule has 0 amide bonds. The highest BCUT2D eigenvalue weighted by Crippen LogP contribution is 2.15. The summed E-state index contributed by atoms with van der Waals surface area (Å²) in [4.78, 5) is 10.7. The van der Waals surface area contributed by atoms with E-state index >= 15 is 0 Å². The average Bonchev–Trinajstić information content (AvgIpc) is 2.29. The van der Waals surface area contributed by atoms with E-state index in [0.29, 0.717) is 23.3 Å². The first-order valence-electron chi connectivity index (χ1n) is 4.54. The van der Waals surface area contributed by atoms with Gasteiger partial charge in [0, 0.05) is 17.5 Å². The van der Waals surface area contributed by atoms with Gasteiger partial charge in [-0.05, 0) is 18.2 Å². The number of aldehydes is 1. The average molecular weight is 204 g/mol. The van der Waals surface area contributed by atoms with Crippen LogP contribution >= 0.6 is 0 Å². The smallest absolute Gasteiger partial charge is 0.151 e. The van der Waals surface area contributed by atoms with Crippen LogP contribution in [0.5, 0.6) is 5.75 Å². The Balaban J connectivity index is 3.02. The molecule has 0 saturated heterocycles. The maximum Gasteiger partial charge on any atom is 0.151 e. The van der Waals surface area contributed by atoms with Gasteiger partial charge in [-0.25, -0.2) is 0 Å². The number of rotatable bonds is 3. The second-order valence-electron chi connectivity index (χ2n) is 2.85. The monoisotopic (exact) mass is 204 g/mol. The topological polar surface area (TPSA) is 46.5 Å². The van der Waals surface area contributed by atoms with E-state index in [1.54, 1.807) is 25.3 Å². The molecule has 1 aromatic carbocycles. The molecule has 0 spiro atoms. The predicted octanol–water partition coefficient (Wildman–Crippen LogP) is 1.24. The van der Waals surface area contributed by atoms with Crippen molar-refractivity contribution in [3.63, 3.8) is 0 Å². The van der Waals surface area contributed by atoms with Crippen molar-refractivity contribution in [1.29, 1.82) is 0 Å². The van der Waals surface area contributed by atoms with Crippen LogP contribution in [-0.4, -0.2) is 25.1 Å². The van der Waals surface area contributed by atoms with Gasteiger partial charge in [0.15, 0.2) is 6.29 Å². The van der Waals surface area contributed by atoms with Gasteiger partial charge < -0.3 is 9.84 Å². The fourth-order valence-electron chi connectivity index (χ4n) is 1.09. The zero-order valence-corrected chi connectivity index (χ0v) is 8.49. The molecule has 0 fully saturated rings. The van der Waals surface area contributed by atoms with Crippen molar-refractivity contribution in [2.24, 2.45) is 0 Å². The first-order chi connectivity index (χ1) is 7.31. The van der Waals surface area contributed by atoms with Crippen LogP contribution < -0.4 is 4.74 Å². The number of benzene rings is 1. The van der Waals surface area contributed by atoms with Gasteiger partial charge in [0.1, 0.15) is 5.75 Å². The molecule has 3 heteroatoms. The van der Waals surface area contributed by atoms with Crippen molar-refractivity contribution in [2.45, 2.75) is 6.42 Å². The van der Waals surface area contributed by atoms with Gasteiger partial charge >= 0.3 is 0 Å². The fourth-order valence-corrected chi connectivity index (χ4v) is 1.09. The van der Waals surface area contributed by atoms with Crippen molar-refractivity contribution in [1.82, 2.24) is 0 Å². The van der Waals surface area contributed by atoms with Gasteiger partial charge in [-0.1, -0.05) is 11.8 Å². The lowest BCUT2D eigenvalue weighted by molar-refractivity contribution is 0.112. The van der Waals surface area contributed by atoms with Crippen LogP contribution in [0.4, 0.5) is 0 Å². The van der Waals surface area contributed by atoms with Crippen LogP contribution in [0, 0.1) is 11.8 Å². The molecule has 0 aliphatic rings. The molecule has 0 unspecified atom stereocenters. The summed E-state index contributed by atoms with van der Waals surface area (Å²) in [6.45, 7) is 0.0212. The second-order valence-corrected chi connectivity index (χ2v) is 2.85. The Kier molecular flexibility index (Phi) is 4.39. The van der Waals surface area contributed by atoms with Crippen molar-refractivity contribution in [2.75, 3.05) is 13.7 Å². The van der Waals surface area contributed by atoms with Gasteiger partial charge in [-0.2, -0.15) is 0 Å². The van der Waals surface area contributed by atoms with E-state index < -0.39 is 0 Å². The highest BCUT2D eigenvalue weighted by molar-refractivity contribution is 5.79. The summed E-state index contributed by atoms with van der Waals surface area (Å²) in [6.07, 6.45) is 1.15. The van der Waals surface area contributed by atoms with Crippen LogP contribution in [0.25, 0.3) is 0 Å². The maximum atomic E-state index is 10.7. The minimum Gasteiger partial charge on any atom is -0.497 e. The Hall–Kier alpha value is -1.79. The molecule has 15 heavy (non-hydrogen) atoms. The molecule has 0 bridgehead atoms. The first kappa shape index (κ1) is 11.3. The zero-order valence-electron chi connectivity index (χ0n) is 8.49. The number of aliphatic hydroxyl groups excluding tert-OH is 1. The number of ether oxygens (including phenoxy) is 1. The molecule has 0 saturated carbocycles. The second kappa shape index (κ2) is 5.84. The molecular formula is C12H12O3. The predicted molar refractivity (Wildman–Crippen MR) is 57.0 cm³/mol. The largest absolute Gasteiger partial charge is 0.497 e. The van der Waals surface area contributed by atoms with Crippen LogP contribution in [-0.2, 0) is 0 Å². The number of carbonyl (C=O) groups is 1. The van der Waals surface area contributed by atoms with E-state index in [-0.39, 0.29) is 6.61 Å². The van der Waals surface area contributed by atoms with Gasteiger partial charge in [0.05, 0.1) is 13.7 Å². The van der Waals surface area contributed by atoms with Crippen LogP contribution in [0.15, 0.2) is 18.2 Å². The molecule has 0 aromatic heterocycles. The Morgan fingerprint density at radius 1 is 1.53 bits per heavy atom. The summed E-state index contributed by atoms with van der Waals surface area (Å²) in [5, 5.41) is 8.57. The normalized spacial score (nSPS) is 8.93. The molecule has 78 valence electrons. The van der Waals surface area contributed by atoms with Gasteiger partial charge in [-0.15, -0.1) is 0 Å². The summed E-state index contributed by atoms with van der Waals surface area (Å²) in [5.74, 6) is 6.24. The highest BCUT2D eigenvalue weighted by Gasteiger charge is 2.00. The van der Waals surface area contributed by atoms with Crippen molar-refractivity contribution >= 4 is 6.29 Å². The lowest BCUT2D eigenvalue weighted by atomic mass is 10.1. The third-order valence-corrected chi connectivity index (χ3v) is 1.85. The molecular weight excluding hydrogens is 192 g/mol. The van der Waals surface area contributed by atoms with Crippen LogP contribution in [0.1, 0.15) is 22.3 Å². The van der Waals surface area contributed by atoms with Crippen molar-refractivity contribution in [3.05, 3.63) is 29.3 Å². The van der Waals surface area contributed by atoms with Crippen LogP contribution in [0.2, 0.25) is 0 Å². The Morgan fingerprint density at radius 2 is 2.33 bits per heavy atom. The molecule has 0 radical (unpaired) electrons. The summed E-state index contributed by atoms with van der Waals surface area (Å²) in [6, 6.07) is 5.07. The number of aliphatic hydroxyl groups is 1. The molecule has 0 heterocycles. The number of carbonyl (C=O) groups excluding carboxylic acids is 1. The summed E-state index contributed by atoms with van der Waals surface area (Å²) >= 11 is 0. The summed E-state index contributed by atoms with van der Waals surface area (Å²) in [7, 11) is 1.56. The molecule has 0 aliphatic carbocycles. The third kappa shape index (κ3) is 3.12. The fraction of sp³-hybridized carbons (Fsp3) is 0.250. The molecule has 1 N–H and O–H groups in total. The molecule has 3 nitrogen and oxygen atoms in total. The van der Waals surface area contributed by atoms with Gasteiger partial charge in [0.2, 0.25) is 0 Å². The zero-order chi connectivity index (χ0) is 11.1. The van der Waals surface area contributed by atoms with Crippen molar-refractivity contribution in [3.8, 4) is 17.6 Å². The SMILES string of the molecule is COc1ccc(C=O)c(C#CCCO)c1. The minimum absolute atomic E-state index is 0.0212. The Morgan fingerprint density at radius 3 is 2.93 bits per heavy atom. The van der Waals surface area contributed by atoms with E-state index in [1.807, 2.05) is 0 Å². The van der Waals surface area contributed by atoms with E-state index in [2.05, 4.69) is 11.8 Å². The van der Waals surface area contributed by atoms with E-state index in [9.17, 15) is 4.79 Å². The number of methoxy groups -OCH3 is 1. The van der Waals surface area contributed by atoms with Gasteiger partial charge in [-0.3, -0.25) is 4.79 Å². The number of hydrogen-bond acceptors (Lipinski definition) is 3. The molecule has 1 rings (SSSR count). The van der Waals surface area contributed by atoms with E-state index in [1.165, 1.54) is 0 Å².